The van der Waals surface area contributed by atoms with E-state index in [1.54, 1.807) is 18.4 Å². The second kappa shape index (κ2) is 6.10. The lowest BCUT2D eigenvalue weighted by molar-refractivity contribution is 0.211. The Kier molecular flexibility index (Phi) is 4.48. The van der Waals surface area contributed by atoms with Gasteiger partial charge in [-0.05, 0) is 24.1 Å². The summed E-state index contributed by atoms with van der Waals surface area (Å²) in [5, 5.41) is 4.18. The third kappa shape index (κ3) is 2.97. The molecule has 98 valence electrons. The Labute approximate surface area is 110 Å². The topological polar surface area (TPSA) is 72.2 Å². The SMILES string of the molecule is COCCNc1nc2c(CNN)cc(C)cc2s1. The van der Waals surface area contributed by atoms with Gasteiger partial charge < -0.3 is 10.1 Å². The van der Waals surface area contributed by atoms with Crippen molar-refractivity contribution in [1.82, 2.24) is 10.4 Å². The van der Waals surface area contributed by atoms with Crippen LogP contribution in [0.4, 0.5) is 5.13 Å². The van der Waals surface area contributed by atoms with Crippen molar-refractivity contribution >= 4 is 26.7 Å². The molecule has 0 spiro atoms. The minimum absolute atomic E-state index is 0.624. The molecule has 0 saturated heterocycles. The highest BCUT2D eigenvalue weighted by molar-refractivity contribution is 7.22. The number of aryl methyl sites for hydroxylation is 1. The summed E-state index contributed by atoms with van der Waals surface area (Å²) in [5.41, 5.74) is 6.06. The van der Waals surface area contributed by atoms with Crippen LogP contribution in [0.2, 0.25) is 0 Å². The molecule has 0 bridgehead atoms. The van der Waals surface area contributed by atoms with Gasteiger partial charge in [0.2, 0.25) is 0 Å². The molecule has 18 heavy (non-hydrogen) atoms. The molecule has 1 aromatic carbocycles. The van der Waals surface area contributed by atoms with Crippen LogP contribution in [0.25, 0.3) is 10.2 Å². The number of hydrogen-bond donors (Lipinski definition) is 3. The largest absolute Gasteiger partial charge is 0.383 e. The Morgan fingerprint density at radius 1 is 1.44 bits per heavy atom. The zero-order chi connectivity index (χ0) is 13.0. The number of benzene rings is 1. The molecule has 4 N–H and O–H groups in total. The van der Waals surface area contributed by atoms with Crippen LogP contribution < -0.4 is 16.6 Å². The molecule has 0 aliphatic rings. The van der Waals surface area contributed by atoms with Crippen LogP contribution in [0.3, 0.4) is 0 Å². The third-order valence-corrected chi connectivity index (χ3v) is 3.55. The van der Waals surface area contributed by atoms with Gasteiger partial charge in [-0.2, -0.15) is 0 Å². The Morgan fingerprint density at radius 2 is 2.28 bits per heavy atom. The fourth-order valence-electron chi connectivity index (χ4n) is 1.83. The van der Waals surface area contributed by atoms with E-state index in [0.717, 1.165) is 22.8 Å². The molecule has 2 rings (SSSR count). The van der Waals surface area contributed by atoms with Crippen LogP contribution in [-0.4, -0.2) is 25.2 Å². The van der Waals surface area contributed by atoms with Crippen LogP contribution in [0.1, 0.15) is 11.1 Å². The Balaban J connectivity index is 2.28. The normalized spacial score (nSPS) is 11.1. The first-order valence-corrected chi connectivity index (χ1v) is 6.62. The molecule has 0 aliphatic heterocycles. The van der Waals surface area contributed by atoms with Crippen LogP contribution >= 0.6 is 11.3 Å². The molecule has 5 nitrogen and oxygen atoms in total. The van der Waals surface area contributed by atoms with Crippen molar-refractivity contribution in [3.63, 3.8) is 0 Å². The van der Waals surface area contributed by atoms with E-state index in [-0.39, 0.29) is 0 Å². The number of rotatable bonds is 6. The van der Waals surface area contributed by atoms with Crippen molar-refractivity contribution < 1.29 is 4.74 Å². The lowest BCUT2D eigenvalue weighted by Gasteiger charge is -2.02. The minimum atomic E-state index is 0.624. The van der Waals surface area contributed by atoms with Gasteiger partial charge in [0.25, 0.3) is 0 Å². The molecule has 1 aromatic heterocycles. The second-order valence-electron chi connectivity index (χ2n) is 4.09. The summed E-state index contributed by atoms with van der Waals surface area (Å²) in [6.45, 7) is 4.14. The summed E-state index contributed by atoms with van der Waals surface area (Å²) < 4.78 is 6.19. The Morgan fingerprint density at radius 3 is 3.00 bits per heavy atom. The molecule has 0 aliphatic carbocycles. The molecule has 0 saturated carbocycles. The van der Waals surface area contributed by atoms with Crippen molar-refractivity contribution in [3.8, 4) is 0 Å². The van der Waals surface area contributed by atoms with Gasteiger partial charge >= 0.3 is 0 Å². The molecule has 0 radical (unpaired) electrons. The standard InChI is InChI=1S/C12H18N4OS/c1-8-5-9(7-15-13)11-10(6-8)18-12(16-11)14-3-4-17-2/h5-6,15H,3-4,7,13H2,1-2H3,(H,14,16). The highest BCUT2D eigenvalue weighted by atomic mass is 32.1. The number of methoxy groups -OCH3 is 1. The fourth-order valence-corrected chi connectivity index (χ4v) is 2.87. The summed E-state index contributed by atoms with van der Waals surface area (Å²) in [7, 11) is 1.69. The number of fused-ring (bicyclic) bond motifs is 1. The number of anilines is 1. The van der Waals surface area contributed by atoms with E-state index in [2.05, 4.69) is 34.8 Å². The summed E-state index contributed by atoms with van der Waals surface area (Å²) in [6, 6.07) is 4.26. The maximum absolute atomic E-state index is 5.40. The van der Waals surface area contributed by atoms with E-state index in [4.69, 9.17) is 10.6 Å². The molecular weight excluding hydrogens is 248 g/mol. The highest BCUT2D eigenvalue weighted by Gasteiger charge is 2.08. The number of hydrazine groups is 1. The number of aromatic nitrogens is 1. The summed E-state index contributed by atoms with van der Waals surface area (Å²) in [6.07, 6.45) is 0. The van der Waals surface area contributed by atoms with Crippen LogP contribution in [0.5, 0.6) is 0 Å². The van der Waals surface area contributed by atoms with Crippen molar-refractivity contribution in [3.05, 3.63) is 23.3 Å². The zero-order valence-corrected chi connectivity index (χ0v) is 11.4. The van der Waals surface area contributed by atoms with Gasteiger partial charge in [-0.15, -0.1) is 0 Å². The molecular formula is C12H18N4OS. The van der Waals surface area contributed by atoms with Crippen molar-refractivity contribution in [1.29, 1.82) is 0 Å². The van der Waals surface area contributed by atoms with Gasteiger partial charge in [0.1, 0.15) is 0 Å². The first-order chi connectivity index (χ1) is 8.74. The number of nitrogens with one attached hydrogen (secondary N) is 2. The number of nitrogens with zero attached hydrogens (tertiary/aromatic N) is 1. The van der Waals surface area contributed by atoms with E-state index in [0.29, 0.717) is 13.2 Å². The van der Waals surface area contributed by atoms with E-state index in [1.165, 1.54) is 10.3 Å². The number of hydrogen-bond acceptors (Lipinski definition) is 6. The molecule has 1 heterocycles. The van der Waals surface area contributed by atoms with E-state index < -0.39 is 0 Å². The van der Waals surface area contributed by atoms with E-state index in [1.807, 2.05) is 0 Å². The van der Waals surface area contributed by atoms with Crippen molar-refractivity contribution in [2.24, 2.45) is 5.84 Å². The number of thiazole rings is 1. The maximum Gasteiger partial charge on any atom is 0.183 e. The zero-order valence-electron chi connectivity index (χ0n) is 10.6. The molecule has 6 heteroatoms. The van der Waals surface area contributed by atoms with Crippen LogP contribution in [0, 0.1) is 6.92 Å². The number of nitrogens with two attached hydrogens (primary N) is 1. The van der Waals surface area contributed by atoms with Gasteiger partial charge in [0.05, 0.1) is 16.8 Å². The lowest BCUT2D eigenvalue weighted by Crippen LogP contribution is -2.21. The first-order valence-electron chi connectivity index (χ1n) is 5.81. The minimum Gasteiger partial charge on any atom is -0.383 e. The van der Waals surface area contributed by atoms with E-state index in [9.17, 15) is 0 Å². The van der Waals surface area contributed by atoms with Gasteiger partial charge in [0, 0.05) is 20.2 Å². The smallest absolute Gasteiger partial charge is 0.183 e. The lowest BCUT2D eigenvalue weighted by atomic mass is 10.1. The summed E-state index contributed by atoms with van der Waals surface area (Å²) >= 11 is 1.66. The molecule has 0 unspecified atom stereocenters. The molecule has 0 amide bonds. The van der Waals surface area contributed by atoms with Crippen LogP contribution in [0.15, 0.2) is 12.1 Å². The van der Waals surface area contributed by atoms with Gasteiger partial charge in [-0.25, -0.2) is 4.98 Å². The van der Waals surface area contributed by atoms with Gasteiger partial charge in [-0.1, -0.05) is 17.4 Å². The average molecular weight is 266 g/mol. The highest BCUT2D eigenvalue weighted by Crippen LogP contribution is 2.29. The van der Waals surface area contributed by atoms with Crippen molar-refractivity contribution in [2.45, 2.75) is 13.5 Å². The maximum atomic E-state index is 5.40. The number of ether oxygens (including phenoxy) is 1. The van der Waals surface area contributed by atoms with Gasteiger partial charge in [-0.3, -0.25) is 11.3 Å². The fraction of sp³-hybridized carbons (Fsp3) is 0.417. The monoisotopic (exact) mass is 266 g/mol. The first kappa shape index (κ1) is 13.2. The van der Waals surface area contributed by atoms with Crippen molar-refractivity contribution in [2.75, 3.05) is 25.6 Å². The Hall–Kier alpha value is -1.21. The quantitative estimate of drug-likeness (QED) is 0.421. The predicted octanol–water partition coefficient (Wildman–Crippen LogP) is 1.63. The summed E-state index contributed by atoms with van der Waals surface area (Å²) in [4.78, 5) is 4.60. The molecule has 0 fully saturated rings. The predicted molar refractivity (Wildman–Crippen MR) is 75.7 cm³/mol. The summed E-state index contributed by atoms with van der Waals surface area (Å²) in [5.74, 6) is 5.40. The molecule has 0 atom stereocenters. The van der Waals surface area contributed by atoms with Crippen LogP contribution in [-0.2, 0) is 11.3 Å². The third-order valence-electron chi connectivity index (χ3n) is 2.59. The Bertz CT molecular complexity index is 526. The molecule has 2 aromatic rings. The average Bonchev–Trinajstić information content (AvgIpc) is 2.72. The van der Waals surface area contributed by atoms with E-state index >= 15 is 0 Å². The van der Waals surface area contributed by atoms with Gasteiger partial charge in [0.15, 0.2) is 5.13 Å². The second-order valence-corrected chi connectivity index (χ2v) is 5.12.